The third-order valence-corrected chi connectivity index (χ3v) is 3.56. The first-order valence-corrected chi connectivity index (χ1v) is 7.08. The van der Waals surface area contributed by atoms with Gasteiger partial charge in [0.2, 0.25) is 0 Å². The van der Waals surface area contributed by atoms with Gasteiger partial charge in [-0.05, 0) is 54.7 Å². The average Bonchev–Trinajstić information content (AvgIpc) is 2.96. The van der Waals surface area contributed by atoms with Crippen molar-refractivity contribution in [3.05, 3.63) is 83.5 Å². The van der Waals surface area contributed by atoms with Crippen LogP contribution < -0.4 is 5.32 Å². The number of para-hydroxylation sites is 1. The van der Waals surface area contributed by atoms with Crippen molar-refractivity contribution in [2.24, 2.45) is 0 Å². The average molecular weight is 275 g/mol. The predicted molar refractivity (Wildman–Crippen MR) is 98.0 cm³/mol. The van der Waals surface area contributed by atoms with Gasteiger partial charge in [-0.1, -0.05) is 48.6 Å². The van der Waals surface area contributed by atoms with Crippen LogP contribution in [0.2, 0.25) is 0 Å². The fourth-order valence-electron chi connectivity index (χ4n) is 2.50. The molecule has 22 heavy (non-hydrogen) atoms. The Kier molecular flexibility index (Phi) is 7.88. The van der Waals surface area contributed by atoms with Gasteiger partial charge in [0, 0.05) is 49.1 Å². The van der Waals surface area contributed by atoms with Gasteiger partial charge in [0.05, 0.1) is 0 Å². The fraction of sp³-hybridized carbons (Fsp3) is 0.158. The number of allylic oxidation sites excluding steroid dienone is 4. The van der Waals surface area contributed by atoms with Crippen LogP contribution in [-0.2, 0) is 6.42 Å². The van der Waals surface area contributed by atoms with Crippen molar-refractivity contribution in [1.29, 1.82) is 0 Å². The predicted octanol–water partition coefficient (Wildman–Crippen LogP) is 4.41. The van der Waals surface area contributed by atoms with E-state index in [9.17, 15) is 0 Å². The van der Waals surface area contributed by atoms with E-state index in [0.717, 1.165) is 18.5 Å². The molecule has 1 aliphatic carbocycles. The minimum Gasteiger partial charge on any atom is -0.355 e. The van der Waals surface area contributed by atoms with Crippen molar-refractivity contribution >= 4 is 49.1 Å². The zero-order valence-electron chi connectivity index (χ0n) is 13.8. The first-order valence-electron chi connectivity index (χ1n) is 7.08. The van der Waals surface area contributed by atoms with Gasteiger partial charge in [-0.15, -0.1) is 0 Å². The Bertz CT molecular complexity index is 660. The Morgan fingerprint density at radius 3 is 2.45 bits per heavy atom. The van der Waals surface area contributed by atoms with Crippen molar-refractivity contribution < 1.29 is 0 Å². The molecular weight excluding hydrogens is 256 g/mol. The van der Waals surface area contributed by atoms with Crippen LogP contribution in [0.15, 0.2) is 72.3 Å². The molecule has 0 fully saturated rings. The zero-order valence-corrected chi connectivity index (χ0v) is 13.8. The van der Waals surface area contributed by atoms with Crippen LogP contribution >= 0.6 is 0 Å². The molecule has 3 heteroatoms. The third kappa shape index (κ3) is 4.98. The van der Waals surface area contributed by atoms with Gasteiger partial charge in [-0.2, -0.15) is 0 Å². The Morgan fingerprint density at radius 1 is 1.00 bits per heavy atom. The second-order valence-corrected chi connectivity index (χ2v) is 5.25. The number of rotatable bonds is 4. The second kappa shape index (κ2) is 9.14. The maximum Gasteiger partial charge on any atom is 0.0422 e. The fourth-order valence-corrected chi connectivity index (χ4v) is 2.50. The largest absolute Gasteiger partial charge is 0.355 e. The van der Waals surface area contributed by atoms with Gasteiger partial charge in [-0.3, -0.25) is 0 Å². The minimum absolute atomic E-state index is 0. The van der Waals surface area contributed by atoms with Crippen LogP contribution in [0.5, 0.6) is 0 Å². The van der Waals surface area contributed by atoms with Crippen LogP contribution in [0, 0.1) is 6.92 Å². The first kappa shape index (κ1) is 19.0. The number of hydrogen-bond donors (Lipinski definition) is 1. The van der Waals surface area contributed by atoms with Crippen LogP contribution in [0.4, 0.5) is 11.4 Å². The molecule has 0 aromatic heterocycles. The molecule has 2 aromatic rings. The van der Waals surface area contributed by atoms with E-state index in [4.69, 9.17) is 0 Å². The van der Waals surface area contributed by atoms with E-state index < -0.39 is 0 Å². The van der Waals surface area contributed by atoms with Gasteiger partial charge in [0.15, 0.2) is 0 Å². The molecule has 0 heterocycles. The Balaban J connectivity index is 0.00000121. The summed E-state index contributed by atoms with van der Waals surface area (Å²) >= 11 is 0. The van der Waals surface area contributed by atoms with Gasteiger partial charge >= 0.3 is 0 Å². The number of hydrogen-bond acceptors (Lipinski definition) is 1. The summed E-state index contributed by atoms with van der Waals surface area (Å²) in [5.41, 5.74) is 6.37. The summed E-state index contributed by atoms with van der Waals surface area (Å²) in [7, 11) is 0. The molecular formula is C19H19Li2N. The third-order valence-electron chi connectivity index (χ3n) is 3.56. The van der Waals surface area contributed by atoms with Crippen molar-refractivity contribution in [1.82, 2.24) is 0 Å². The SMILES string of the molecule is Cc1ccc(CC2=CCC=C2)c(Nc2ccccc2)c1.[Li].[Li]. The van der Waals surface area contributed by atoms with Crippen LogP contribution in [0.1, 0.15) is 17.5 Å². The topological polar surface area (TPSA) is 12.0 Å². The Morgan fingerprint density at radius 2 is 1.77 bits per heavy atom. The van der Waals surface area contributed by atoms with Gasteiger partial charge < -0.3 is 5.32 Å². The first-order chi connectivity index (χ1) is 9.81. The Labute approximate surface area is 157 Å². The summed E-state index contributed by atoms with van der Waals surface area (Å²) in [6.07, 6.45) is 8.81. The summed E-state index contributed by atoms with van der Waals surface area (Å²) < 4.78 is 0. The summed E-state index contributed by atoms with van der Waals surface area (Å²) in [6, 6.07) is 17.0. The standard InChI is InChI=1S/C19H19N.2Li/c1-15-11-12-17(14-16-7-5-6-8-16)19(13-15)20-18-9-3-2-4-10-18;;/h2-5,7-13,20H,6,14H2,1H3;;. The molecule has 0 saturated heterocycles. The van der Waals surface area contributed by atoms with Crippen molar-refractivity contribution in [2.45, 2.75) is 19.8 Å². The smallest absolute Gasteiger partial charge is 0.0422 e. The molecule has 0 amide bonds. The molecule has 3 rings (SSSR count). The second-order valence-electron chi connectivity index (χ2n) is 5.25. The zero-order chi connectivity index (χ0) is 13.8. The molecule has 102 valence electrons. The van der Waals surface area contributed by atoms with Crippen LogP contribution in [0.25, 0.3) is 0 Å². The summed E-state index contributed by atoms with van der Waals surface area (Å²) in [5, 5.41) is 3.54. The molecule has 1 aliphatic rings. The van der Waals surface area contributed by atoms with E-state index in [1.54, 1.807) is 0 Å². The van der Waals surface area contributed by atoms with Gasteiger partial charge in [-0.25, -0.2) is 0 Å². The molecule has 1 nitrogen and oxygen atoms in total. The normalized spacial score (nSPS) is 12.1. The molecule has 0 aliphatic heterocycles. The molecule has 1 N–H and O–H groups in total. The van der Waals surface area contributed by atoms with Crippen molar-refractivity contribution in [2.75, 3.05) is 5.32 Å². The molecule has 0 bridgehead atoms. The summed E-state index contributed by atoms with van der Waals surface area (Å²) in [5.74, 6) is 0. The van der Waals surface area contributed by atoms with Crippen LogP contribution in [0.3, 0.4) is 0 Å². The molecule has 2 radical (unpaired) electrons. The quantitative estimate of drug-likeness (QED) is 0.815. The number of benzene rings is 2. The molecule has 0 unspecified atom stereocenters. The number of anilines is 2. The van der Waals surface area contributed by atoms with E-state index in [2.05, 4.69) is 72.9 Å². The van der Waals surface area contributed by atoms with E-state index in [1.807, 2.05) is 6.07 Å². The monoisotopic (exact) mass is 275 g/mol. The van der Waals surface area contributed by atoms with E-state index in [-0.39, 0.29) is 37.7 Å². The molecule has 2 aromatic carbocycles. The number of aryl methyl sites for hydroxylation is 1. The van der Waals surface area contributed by atoms with E-state index in [0.29, 0.717) is 0 Å². The van der Waals surface area contributed by atoms with Crippen molar-refractivity contribution in [3.8, 4) is 0 Å². The molecule has 0 saturated carbocycles. The van der Waals surface area contributed by atoms with Gasteiger partial charge in [0.25, 0.3) is 0 Å². The minimum atomic E-state index is 0. The summed E-state index contributed by atoms with van der Waals surface area (Å²) in [4.78, 5) is 0. The Hall–Kier alpha value is -1.09. The summed E-state index contributed by atoms with van der Waals surface area (Å²) in [6.45, 7) is 2.13. The number of nitrogens with one attached hydrogen (secondary N) is 1. The molecule has 0 spiro atoms. The maximum absolute atomic E-state index is 3.54. The van der Waals surface area contributed by atoms with Gasteiger partial charge in [0.1, 0.15) is 0 Å². The van der Waals surface area contributed by atoms with Crippen molar-refractivity contribution in [3.63, 3.8) is 0 Å². The maximum atomic E-state index is 3.54. The van der Waals surface area contributed by atoms with Crippen LogP contribution in [-0.4, -0.2) is 37.7 Å². The van der Waals surface area contributed by atoms with E-state index >= 15 is 0 Å². The molecule has 0 atom stereocenters. The van der Waals surface area contributed by atoms with E-state index in [1.165, 1.54) is 22.4 Å².